The molecule has 0 radical (unpaired) electrons. The average Bonchev–Trinajstić information content (AvgIpc) is 2.89. The Morgan fingerprint density at radius 1 is 1.45 bits per heavy atom. The van der Waals surface area contributed by atoms with E-state index in [1.165, 1.54) is 5.56 Å². The molecule has 1 unspecified atom stereocenters. The van der Waals surface area contributed by atoms with E-state index in [0.717, 1.165) is 30.4 Å². The number of aliphatic carboxylic acids is 1. The fourth-order valence-electron chi connectivity index (χ4n) is 3.10. The van der Waals surface area contributed by atoms with Gasteiger partial charge in [-0.15, -0.1) is 0 Å². The van der Waals surface area contributed by atoms with Crippen LogP contribution in [-0.2, 0) is 11.2 Å². The van der Waals surface area contributed by atoms with E-state index in [4.69, 9.17) is 4.42 Å². The van der Waals surface area contributed by atoms with Crippen LogP contribution < -0.4 is 4.90 Å². The van der Waals surface area contributed by atoms with Crippen LogP contribution in [0.2, 0.25) is 0 Å². The number of oxazole rings is 1. The third kappa shape index (κ3) is 2.93. The van der Waals surface area contributed by atoms with Crippen LogP contribution in [0.4, 0.5) is 6.01 Å². The molecular weight excluding hydrogens is 280 g/mol. The summed E-state index contributed by atoms with van der Waals surface area (Å²) in [6.07, 6.45) is 3.55. The van der Waals surface area contributed by atoms with Gasteiger partial charge in [0, 0.05) is 6.54 Å². The monoisotopic (exact) mass is 302 g/mol. The van der Waals surface area contributed by atoms with Crippen molar-refractivity contribution in [2.75, 3.05) is 11.4 Å². The van der Waals surface area contributed by atoms with Crippen LogP contribution in [0.5, 0.6) is 0 Å². The molecule has 0 amide bonds. The lowest BCUT2D eigenvalue weighted by atomic mass is 10.0. The molecule has 0 aliphatic carbocycles. The number of hydrogen-bond donors (Lipinski definition) is 1. The zero-order valence-electron chi connectivity index (χ0n) is 13.1. The van der Waals surface area contributed by atoms with Crippen molar-refractivity contribution < 1.29 is 14.3 Å². The zero-order valence-corrected chi connectivity index (χ0v) is 13.1. The molecule has 5 heteroatoms. The largest absolute Gasteiger partial charge is 0.480 e. The molecule has 1 N–H and O–H groups in total. The Morgan fingerprint density at radius 2 is 2.27 bits per heavy atom. The van der Waals surface area contributed by atoms with Gasteiger partial charge in [0.05, 0.1) is 0 Å². The predicted molar refractivity (Wildman–Crippen MR) is 85.2 cm³/mol. The van der Waals surface area contributed by atoms with E-state index in [9.17, 15) is 9.90 Å². The number of carbonyl (C=O) groups is 1. The molecule has 3 rings (SSSR count). The molecule has 1 saturated heterocycles. The number of piperidine rings is 1. The zero-order chi connectivity index (χ0) is 15.7. The van der Waals surface area contributed by atoms with E-state index >= 15 is 0 Å². The molecule has 1 fully saturated rings. The second-order valence-electron chi connectivity index (χ2n) is 6.44. The fraction of sp³-hybridized carbons (Fsp3) is 0.529. The van der Waals surface area contributed by atoms with E-state index in [-0.39, 0.29) is 0 Å². The SMILES string of the molecule is CC(C)Cc1ccc2nc(N3CCCCC3C(=O)O)oc2c1. The summed E-state index contributed by atoms with van der Waals surface area (Å²) in [7, 11) is 0. The first-order valence-electron chi connectivity index (χ1n) is 7.93. The van der Waals surface area contributed by atoms with Crippen LogP contribution in [0.15, 0.2) is 22.6 Å². The minimum Gasteiger partial charge on any atom is -0.480 e. The first-order valence-corrected chi connectivity index (χ1v) is 7.93. The van der Waals surface area contributed by atoms with Crippen molar-refractivity contribution in [2.24, 2.45) is 5.92 Å². The number of aromatic nitrogens is 1. The minimum absolute atomic E-state index is 0.434. The van der Waals surface area contributed by atoms with Crippen LogP contribution >= 0.6 is 0 Å². The maximum Gasteiger partial charge on any atom is 0.326 e. The van der Waals surface area contributed by atoms with Crippen LogP contribution in [0.25, 0.3) is 11.1 Å². The van der Waals surface area contributed by atoms with Crippen molar-refractivity contribution in [3.63, 3.8) is 0 Å². The summed E-state index contributed by atoms with van der Waals surface area (Å²) < 4.78 is 5.86. The maximum atomic E-state index is 11.4. The molecule has 0 spiro atoms. The second kappa shape index (κ2) is 5.99. The first-order chi connectivity index (χ1) is 10.5. The number of nitrogens with zero attached hydrogens (tertiary/aromatic N) is 2. The molecule has 1 aliphatic rings. The van der Waals surface area contributed by atoms with Crippen LogP contribution in [0, 0.1) is 5.92 Å². The van der Waals surface area contributed by atoms with Gasteiger partial charge in [-0.1, -0.05) is 19.9 Å². The van der Waals surface area contributed by atoms with Gasteiger partial charge in [-0.05, 0) is 49.3 Å². The van der Waals surface area contributed by atoms with E-state index in [2.05, 4.69) is 24.9 Å². The van der Waals surface area contributed by atoms with Gasteiger partial charge in [0.15, 0.2) is 5.58 Å². The van der Waals surface area contributed by atoms with Gasteiger partial charge >= 0.3 is 5.97 Å². The smallest absolute Gasteiger partial charge is 0.326 e. The van der Waals surface area contributed by atoms with Gasteiger partial charge in [-0.25, -0.2) is 4.79 Å². The summed E-state index contributed by atoms with van der Waals surface area (Å²) in [6, 6.07) is 5.95. The number of benzene rings is 1. The van der Waals surface area contributed by atoms with E-state index in [1.807, 2.05) is 12.1 Å². The first kappa shape index (κ1) is 14.9. The fourth-order valence-corrected chi connectivity index (χ4v) is 3.10. The van der Waals surface area contributed by atoms with Crippen molar-refractivity contribution >= 4 is 23.1 Å². The summed E-state index contributed by atoms with van der Waals surface area (Å²) in [5, 5.41) is 9.38. The second-order valence-corrected chi connectivity index (χ2v) is 6.44. The highest BCUT2D eigenvalue weighted by Crippen LogP contribution is 2.28. The Hall–Kier alpha value is -2.04. The quantitative estimate of drug-likeness (QED) is 0.936. The Bertz CT molecular complexity index is 678. The molecule has 1 atom stereocenters. The van der Waals surface area contributed by atoms with Gasteiger partial charge in [0.1, 0.15) is 11.6 Å². The number of hydrogen-bond acceptors (Lipinski definition) is 4. The average molecular weight is 302 g/mol. The Balaban J connectivity index is 1.92. The van der Waals surface area contributed by atoms with E-state index < -0.39 is 12.0 Å². The summed E-state index contributed by atoms with van der Waals surface area (Å²) >= 11 is 0. The van der Waals surface area contributed by atoms with Gasteiger partial charge in [0.2, 0.25) is 0 Å². The number of fused-ring (bicyclic) bond motifs is 1. The standard InChI is InChI=1S/C17H22N2O3/c1-11(2)9-12-6-7-13-15(10-12)22-17(18-13)19-8-4-3-5-14(19)16(20)21/h6-7,10-11,14H,3-5,8-9H2,1-2H3,(H,20,21). The van der Waals surface area contributed by atoms with Crippen LogP contribution in [0.3, 0.4) is 0 Å². The molecule has 118 valence electrons. The number of rotatable bonds is 4. The van der Waals surface area contributed by atoms with Crippen LogP contribution in [-0.4, -0.2) is 28.6 Å². The van der Waals surface area contributed by atoms with Crippen molar-refractivity contribution in [2.45, 2.75) is 45.6 Å². The third-order valence-corrected chi connectivity index (χ3v) is 4.12. The topological polar surface area (TPSA) is 66.6 Å². The highest BCUT2D eigenvalue weighted by atomic mass is 16.4. The van der Waals surface area contributed by atoms with E-state index in [1.54, 1.807) is 4.90 Å². The molecule has 2 aromatic rings. The molecule has 1 aromatic heterocycles. The van der Waals surface area contributed by atoms with Gasteiger partial charge in [0.25, 0.3) is 6.01 Å². The molecule has 2 heterocycles. The predicted octanol–water partition coefficient (Wildman–Crippen LogP) is 3.47. The van der Waals surface area contributed by atoms with Crippen LogP contribution in [0.1, 0.15) is 38.7 Å². The highest BCUT2D eigenvalue weighted by Gasteiger charge is 2.31. The van der Waals surface area contributed by atoms with Gasteiger partial charge < -0.3 is 14.4 Å². The summed E-state index contributed by atoms with van der Waals surface area (Å²) in [5.74, 6) is -0.221. The lowest BCUT2D eigenvalue weighted by molar-refractivity contribution is -0.139. The summed E-state index contributed by atoms with van der Waals surface area (Å²) in [5.41, 5.74) is 2.75. The summed E-state index contributed by atoms with van der Waals surface area (Å²) in [6.45, 7) is 5.05. The van der Waals surface area contributed by atoms with Crippen molar-refractivity contribution in [1.82, 2.24) is 4.98 Å². The molecule has 22 heavy (non-hydrogen) atoms. The molecule has 1 aromatic carbocycles. The Kier molecular flexibility index (Phi) is 4.05. The van der Waals surface area contributed by atoms with Crippen molar-refractivity contribution in [3.05, 3.63) is 23.8 Å². The molecule has 5 nitrogen and oxygen atoms in total. The number of carboxylic acid groups (broad SMARTS) is 1. The molecular formula is C17H22N2O3. The van der Waals surface area contributed by atoms with Crippen molar-refractivity contribution in [3.8, 4) is 0 Å². The summed E-state index contributed by atoms with van der Waals surface area (Å²) in [4.78, 5) is 17.7. The van der Waals surface area contributed by atoms with Gasteiger partial charge in [-0.3, -0.25) is 0 Å². The lowest BCUT2D eigenvalue weighted by Gasteiger charge is -2.31. The van der Waals surface area contributed by atoms with Gasteiger partial charge in [-0.2, -0.15) is 4.98 Å². The molecule has 0 saturated carbocycles. The highest BCUT2D eigenvalue weighted by molar-refractivity contribution is 5.79. The molecule has 0 bridgehead atoms. The van der Waals surface area contributed by atoms with Crippen molar-refractivity contribution in [1.29, 1.82) is 0 Å². The molecule has 1 aliphatic heterocycles. The number of carboxylic acids is 1. The number of anilines is 1. The Labute approximate surface area is 129 Å². The Morgan fingerprint density at radius 3 is 3.00 bits per heavy atom. The van der Waals surface area contributed by atoms with E-state index in [0.29, 0.717) is 24.9 Å². The maximum absolute atomic E-state index is 11.4. The third-order valence-electron chi connectivity index (χ3n) is 4.12. The minimum atomic E-state index is -0.803. The normalized spacial score (nSPS) is 19.0. The lowest BCUT2D eigenvalue weighted by Crippen LogP contribution is -2.44.